The Labute approximate surface area is 160 Å². The van der Waals surface area contributed by atoms with E-state index in [2.05, 4.69) is 20.5 Å². The van der Waals surface area contributed by atoms with E-state index < -0.39 is 5.54 Å². The second kappa shape index (κ2) is 7.94. The van der Waals surface area contributed by atoms with E-state index in [1.165, 1.54) is 24.2 Å². The fourth-order valence-electron chi connectivity index (χ4n) is 4.73. The molecule has 3 aliphatic rings. The Hall–Kier alpha value is -1.99. The number of carbonyl (C=O) groups is 2. The maximum atomic E-state index is 13.6. The fraction of sp³-hybridized carbons (Fsp3) is 0.650. The van der Waals surface area contributed by atoms with Gasteiger partial charge >= 0.3 is 6.03 Å². The maximum absolute atomic E-state index is 13.6. The highest BCUT2D eigenvalue weighted by Gasteiger charge is 2.57. The van der Waals surface area contributed by atoms with Crippen LogP contribution in [0.4, 0.5) is 4.79 Å². The maximum Gasteiger partial charge on any atom is 0.325 e. The molecule has 0 aromatic carbocycles. The van der Waals surface area contributed by atoms with Crippen molar-refractivity contribution in [3.63, 3.8) is 0 Å². The van der Waals surface area contributed by atoms with Crippen molar-refractivity contribution in [3.8, 4) is 0 Å². The van der Waals surface area contributed by atoms with Crippen LogP contribution in [-0.4, -0.2) is 66.0 Å². The Morgan fingerprint density at radius 3 is 2.56 bits per heavy atom. The van der Waals surface area contributed by atoms with Gasteiger partial charge in [0.05, 0.1) is 5.69 Å². The lowest BCUT2D eigenvalue weighted by Crippen LogP contribution is -2.53. The minimum absolute atomic E-state index is 0.0603. The second-order valence-corrected chi connectivity index (χ2v) is 7.84. The summed E-state index contributed by atoms with van der Waals surface area (Å²) in [6.07, 6.45) is 7.08. The van der Waals surface area contributed by atoms with Crippen molar-refractivity contribution < 1.29 is 9.59 Å². The largest absolute Gasteiger partial charge is 0.325 e. The summed E-state index contributed by atoms with van der Waals surface area (Å²) in [6.45, 7) is 5.03. The van der Waals surface area contributed by atoms with Crippen molar-refractivity contribution in [2.24, 2.45) is 5.92 Å². The van der Waals surface area contributed by atoms with Crippen molar-refractivity contribution in [1.29, 1.82) is 0 Å². The number of nitrogens with one attached hydrogen (secondary N) is 2. The van der Waals surface area contributed by atoms with Crippen LogP contribution in [0.15, 0.2) is 24.4 Å². The third-order valence-corrected chi connectivity index (χ3v) is 6.24. The normalized spacial score (nSPS) is 27.8. The standard InChI is InChI=1S/C20H29N5O2/c26-18-20(16-7-10-21-11-8-16,17-6-2-3-9-22-17)23-19(27)25(18)15-14-24-12-4-1-5-13-24/h2-3,6,9,16,21H,1,4-5,7-8,10-15H2,(H,23,27)/t20-/m1/s1. The number of nitrogens with zero attached hydrogens (tertiary/aromatic N) is 3. The van der Waals surface area contributed by atoms with Gasteiger partial charge in [0.15, 0.2) is 5.54 Å². The Morgan fingerprint density at radius 1 is 1.07 bits per heavy atom. The summed E-state index contributed by atoms with van der Waals surface area (Å²) in [4.78, 5) is 34.7. The monoisotopic (exact) mass is 371 g/mol. The summed E-state index contributed by atoms with van der Waals surface area (Å²) in [6, 6.07) is 5.32. The molecule has 0 spiro atoms. The predicted molar refractivity (Wildman–Crippen MR) is 102 cm³/mol. The number of piperidine rings is 2. The van der Waals surface area contributed by atoms with Crippen LogP contribution in [0.2, 0.25) is 0 Å². The number of carbonyl (C=O) groups excluding carboxylic acids is 2. The van der Waals surface area contributed by atoms with E-state index in [1.54, 1.807) is 6.20 Å². The molecule has 7 heteroatoms. The topological polar surface area (TPSA) is 77.6 Å². The number of hydrogen-bond donors (Lipinski definition) is 2. The first-order chi connectivity index (χ1) is 13.2. The highest BCUT2D eigenvalue weighted by Crippen LogP contribution is 2.39. The summed E-state index contributed by atoms with van der Waals surface area (Å²) in [7, 11) is 0. The number of imide groups is 1. The van der Waals surface area contributed by atoms with E-state index in [1.807, 2.05) is 18.2 Å². The minimum Gasteiger partial charge on any atom is -0.318 e. The lowest BCUT2D eigenvalue weighted by molar-refractivity contribution is -0.134. The quantitative estimate of drug-likeness (QED) is 0.764. The third kappa shape index (κ3) is 3.46. The molecule has 1 aromatic heterocycles. The van der Waals surface area contributed by atoms with Crippen molar-refractivity contribution in [2.75, 3.05) is 39.3 Å². The van der Waals surface area contributed by atoms with Crippen molar-refractivity contribution >= 4 is 11.9 Å². The van der Waals surface area contributed by atoms with Crippen LogP contribution in [-0.2, 0) is 10.3 Å². The average Bonchev–Trinajstić information content (AvgIpc) is 2.99. The van der Waals surface area contributed by atoms with Gasteiger partial charge < -0.3 is 15.5 Å². The Morgan fingerprint density at radius 2 is 1.85 bits per heavy atom. The zero-order valence-electron chi connectivity index (χ0n) is 15.8. The van der Waals surface area contributed by atoms with E-state index in [0.717, 1.165) is 45.6 Å². The van der Waals surface area contributed by atoms with Gasteiger partial charge in [-0.3, -0.25) is 14.7 Å². The Balaban J connectivity index is 1.57. The van der Waals surface area contributed by atoms with Crippen LogP contribution in [0.25, 0.3) is 0 Å². The Bertz CT molecular complexity index is 670. The summed E-state index contributed by atoms with van der Waals surface area (Å²) in [5.74, 6) is -0.0693. The zero-order chi connectivity index (χ0) is 18.7. The first-order valence-corrected chi connectivity index (χ1v) is 10.2. The summed E-state index contributed by atoms with van der Waals surface area (Å²) in [5.41, 5.74) is -0.363. The van der Waals surface area contributed by atoms with Gasteiger partial charge in [0, 0.05) is 19.3 Å². The Kier molecular flexibility index (Phi) is 5.41. The fourth-order valence-corrected chi connectivity index (χ4v) is 4.73. The van der Waals surface area contributed by atoms with Gasteiger partial charge in [-0.25, -0.2) is 4.79 Å². The van der Waals surface area contributed by atoms with E-state index in [4.69, 9.17) is 0 Å². The molecule has 0 bridgehead atoms. The molecule has 2 N–H and O–H groups in total. The van der Waals surface area contributed by atoms with E-state index in [-0.39, 0.29) is 17.9 Å². The molecule has 3 amide bonds. The third-order valence-electron chi connectivity index (χ3n) is 6.24. The molecule has 4 rings (SSSR count). The number of rotatable bonds is 5. The van der Waals surface area contributed by atoms with Crippen LogP contribution in [0, 0.1) is 5.92 Å². The zero-order valence-corrected chi connectivity index (χ0v) is 15.8. The van der Waals surface area contributed by atoms with Gasteiger partial charge in [0.1, 0.15) is 0 Å². The number of hydrogen-bond acceptors (Lipinski definition) is 5. The van der Waals surface area contributed by atoms with Crippen molar-refractivity contribution in [2.45, 2.75) is 37.6 Å². The van der Waals surface area contributed by atoms with Gasteiger partial charge in [-0.2, -0.15) is 0 Å². The van der Waals surface area contributed by atoms with Crippen LogP contribution in [0.5, 0.6) is 0 Å². The van der Waals surface area contributed by atoms with Crippen molar-refractivity contribution in [3.05, 3.63) is 30.1 Å². The molecule has 1 atom stereocenters. The average molecular weight is 371 g/mol. The SMILES string of the molecule is O=C1N[C@@](c2ccccn2)(C2CCNCC2)C(=O)N1CCN1CCCCC1. The molecule has 3 fully saturated rings. The lowest BCUT2D eigenvalue weighted by Gasteiger charge is -2.37. The first kappa shape index (κ1) is 18.4. The first-order valence-electron chi connectivity index (χ1n) is 10.2. The molecule has 0 radical (unpaired) electrons. The molecule has 3 aliphatic heterocycles. The molecular formula is C20H29N5O2. The number of amides is 3. The second-order valence-electron chi connectivity index (χ2n) is 7.84. The van der Waals surface area contributed by atoms with Crippen LogP contribution >= 0.6 is 0 Å². The summed E-state index contributed by atoms with van der Waals surface area (Å²) in [5, 5.41) is 6.42. The molecule has 0 saturated carbocycles. The van der Waals surface area contributed by atoms with Crippen LogP contribution in [0.1, 0.15) is 37.8 Å². The number of likely N-dealkylation sites (tertiary alicyclic amines) is 1. The van der Waals surface area contributed by atoms with Gasteiger partial charge in [-0.05, 0) is 69.9 Å². The molecular weight excluding hydrogens is 342 g/mol. The number of aromatic nitrogens is 1. The van der Waals surface area contributed by atoms with E-state index in [0.29, 0.717) is 12.2 Å². The number of pyridine rings is 1. The smallest absolute Gasteiger partial charge is 0.318 e. The molecule has 1 aromatic rings. The molecule has 7 nitrogen and oxygen atoms in total. The summed E-state index contributed by atoms with van der Waals surface area (Å²) < 4.78 is 0. The van der Waals surface area contributed by atoms with E-state index in [9.17, 15) is 9.59 Å². The van der Waals surface area contributed by atoms with Gasteiger partial charge in [0.2, 0.25) is 0 Å². The van der Waals surface area contributed by atoms with Crippen LogP contribution in [0.3, 0.4) is 0 Å². The lowest BCUT2D eigenvalue weighted by atomic mass is 9.75. The van der Waals surface area contributed by atoms with Crippen LogP contribution < -0.4 is 10.6 Å². The van der Waals surface area contributed by atoms with Crippen molar-refractivity contribution in [1.82, 2.24) is 25.4 Å². The predicted octanol–water partition coefficient (Wildman–Crippen LogP) is 1.31. The number of urea groups is 1. The summed E-state index contributed by atoms with van der Waals surface area (Å²) >= 11 is 0. The molecule has 3 saturated heterocycles. The van der Waals surface area contributed by atoms with E-state index >= 15 is 0 Å². The molecule has 0 aliphatic carbocycles. The highest BCUT2D eigenvalue weighted by molar-refractivity contribution is 6.07. The molecule has 4 heterocycles. The minimum atomic E-state index is -1.03. The van der Waals surface area contributed by atoms with Gasteiger partial charge in [-0.1, -0.05) is 12.5 Å². The molecule has 0 unspecified atom stereocenters. The van der Waals surface area contributed by atoms with Gasteiger partial charge in [0.25, 0.3) is 5.91 Å². The molecule has 27 heavy (non-hydrogen) atoms. The molecule has 146 valence electrons. The highest BCUT2D eigenvalue weighted by atomic mass is 16.2. The van der Waals surface area contributed by atoms with Gasteiger partial charge in [-0.15, -0.1) is 0 Å².